The molecule has 6 heteroatoms. The Morgan fingerprint density at radius 2 is 2.05 bits per heavy atom. The predicted octanol–water partition coefficient (Wildman–Crippen LogP) is 2.84. The first-order valence-corrected chi connectivity index (χ1v) is 5.81. The lowest BCUT2D eigenvalue weighted by atomic mass is 10.3. The molecule has 0 amide bonds. The monoisotopic (exact) mass is 251 g/mol. The number of aromatic amines is 1. The molecule has 0 aliphatic carbocycles. The molecule has 19 heavy (non-hydrogen) atoms. The number of para-hydroxylation sites is 2. The first-order chi connectivity index (χ1) is 9.38. The van der Waals surface area contributed by atoms with Crippen molar-refractivity contribution < 1.29 is 4.42 Å². The van der Waals surface area contributed by atoms with Crippen molar-refractivity contribution in [2.75, 3.05) is 5.32 Å². The van der Waals surface area contributed by atoms with Gasteiger partial charge >= 0.3 is 6.01 Å². The van der Waals surface area contributed by atoms with Gasteiger partial charge in [-0.1, -0.05) is 12.1 Å². The molecule has 0 bridgehead atoms. The zero-order chi connectivity index (χ0) is 12.7. The van der Waals surface area contributed by atoms with Crippen LogP contribution in [-0.4, -0.2) is 19.9 Å². The number of benzene rings is 1. The average molecular weight is 251 g/mol. The molecular formula is C13H9N5O. The maximum Gasteiger partial charge on any atom is 0.302 e. The molecule has 2 N–H and O–H groups in total. The minimum absolute atomic E-state index is 0.382. The molecule has 0 saturated heterocycles. The van der Waals surface area contributed by atoms with E-state index < -0.39 is 0 Å². The van der Waals surface area contributed by atoms with E-state index in [-0.39, 0.29) is 0 Å². The van der Waals surface area contributed by atoms with Crippen molar-refractivity contribution in [1.29, 1.82) is 0 Å². The van der Waals surface area contributed by atoms with E-state index in [1.807, 2.05) is 36.5 Å². The highest BCUT2D eigenvalue weighted by Crippen LogP contribution is 2.20. The zero-order valence-corrected chi connectivity index (χ0v) is 9.79. The summed E-state index contributed by atoms with van der Waals surface area (Å²) in [6.07, 6.45) is 3.56. The molecule has 3 heterocycles. The Hall–Kier alpha value is -2.89. The third kappa shape index (κ3) is 1.70. The lowest BCUT2D eigenvalue weighted by Gasteiger charge is -1.98. The van der Waals surface area contributed by atoms with E-state index in [0.717, 1.165) is 22.1 Å². The average Bonchev–Trinajstić information content (AvgIpc) is 3.03. The number of nitrogens with zero attached hydrogens (tertiary/aromatic N) is 3. The predicted molar refractivity (Wildman–Crippen MR) is 71.2 cm³/mol. The van der Waals surface area contributed by atoms with E-state index in [2.05, 4.69) is 25.3 Å². The van der Waals surface area contributed by atoms with Gasteiger partial charge in [-0.05, 0) is 18.2 Å². The van der Waals surface area contributed by atoms with Crippen LogP contribution in [0, 0.1) is 0 Å². The number of oxazole rings is 1. The van der Waals surface area contributed by atoms with Crippen LogP contribution in [-0.2, 0) is 0 Å². The van der Waals surface area contributed by atoms with Gasteiger partial charge in [0.15, 0.2) is 5.58 Å². The minimum Gasteiger partial charge on any atom is -0.423 e. The van der Waals surface area contributed by atoms with E-state index in [1.54, 1.807) is 6.20 Å². The Labute approximate surface area is 107 Å². The van der Waals surface area contributed by atoms with Crippen LogP contribution in [0.5, 0.6) is 0 Å². The zero-order valence-electron chi connectivity index (χ0n) is 9.79. The molecule has 0 radical (unpaired) electrons. The minimum atomic E-state index is 0.382. The van der Waals surface area contributed by atoms with E-state index in [0.29, 0.717) is 12.0 Å². The molecule has 0 spiro atoms. The summed E-state index contributed by atoms with van der Waals surface area (Å²) in [4.78, 5) is 15.9. The summed E-state index contributed by atoms with van der Waals surface area (Å²) >= 11 is 0. The molecule has 0 saturated carbocycles. The van der Waals surface area contributed by atoms with Gasteiger partial charge < -0.3 is 9.40 Å². The molecule has 0 atom stereocenters. The number of rotatable bonds is 2. The fourth-order valence-corrected chi connectivity index (χ4v) is 1.92. The Bertz CT molecular complexity index is 830. The van der Waals surface area contributed by atoms with E-state index >= 15 is 0 Å². The molecule has 0 aliphatic rings. The lowest BCUT2D eigenvalue weighted by molar-refractivity contribution is 0.622. The molecule has 0 aliphatic heterocycles. The number of nitrogens with one attached hydrogen (secondary N) is 2. The van der Waals surface area contributed by atoms with Crippen LogP contribution in [0.3, 0.4) is 0 Å². The van der Waals surface area contributed by atoms with Gasteiger partial charge in [0.1, 0.15) is 11.2 Å². The Morgan fingerprint density at radius 1 is 1.11 bits per heavy atom. The maximum absolute atomic E-state index is 5.55. The smallest absolute Gasteiger partial charge is 0.302 e. The SMILES string of the molecule is c1ccc2oc(Nc3ncc4cc[nH]c4n3)nc2c1. The normalized spacial score (nSPS) is 11.2. The third-order valence-corrected chi connectivity index (χ3v) is 2.81. The fourth-order valence-electron chi connectivity index (χ4n) is 1.92. The molecule has 1 aromatic carbocycles. The van der Waals surface area contributed by atoms with Crippen LogP contribution in [0.2, 0.25) is 0 Å². The molecule has 4 rings (SSSR count). The van der Waals surface area contributed by atoms with Gasteiger partial charge in [0.2, 0.25) is 5.95 Å². The molecular weight excluding hydrogens is 242 g/mol. The lowest BCUT2D eigenvalue weighted by Crippen LogP contribution is -1.96. The highest BCUT2D eigenvalue weighted by Gasteiger charge is 2.07. The van der Waals surface area contributed by atoms with Crippen molar-refractivity contribution in [3.8, 4) is 0 Å². The van der Waals surface area contributed by atoms with Gasteiger partial charge in [0.05, 0.1) is 0 Å². The van der Waals surface area contributed by atoms with Gasteiger partial charge in [-0.25, -0.2) is 4.98 Å². The summed E-state index contributed by atoms with van der Waals surface area (Å²) in [5, 5.41) is 3.92. The van der Waals surface area contributed by atoms with Crippen molar-refractivity contribution in [2.24, 2.45) is 0 Å². The number of fused-ring (bicyclic) bond motifs is 2. The summed E-state index contributed by atoms with van der Waals surface area (Å²) in [5.41, 5.74) is 2.30. The third-order valence-electron chi connectivity index (χ3n) is 2.81. The van der Waals surface area contributed by atoms with Crippen molar-refractivity contribution in [3.05, 3.63) is 42.7 Å². The molecule has 6 nitrogen and oxygen atoms in total. The van der Waals surface area contributed by atoms with E-state index in [1.165, 1.54) is 0 Å². The molecule has 92 valence electrons. The summed E-state index contributed by atoms with van der Waals surface area (Å²) in [6.45, 7) is 0. The van der Waals surface area contributed by atoms with E-state index in [4.69, 9.17) is 4.42 Å². The Morgan fingerprint density at radius 3 is 3.00 bits per heavy atom. The Balaban J connectivity index is 1.72. The summed E-state index contributed by atoms with van der Waals surface area (Å²) < 4.78 is 5.55. The van der Waals surface area contributed by atoms with E-state index in [9.17, 15) is 0 Å². The molecule has 0 fully saturated rings. The number of anilines is 2. The van der Waals surface area contributed by atoms with Crippen molar-refractivity contribution in [3.63, 3.8) is 0 Å². The quantitative estimate of drug-likeness (QED) is 0.572. The second-order valence-corrected chi connectivity index (χ2v) is 4.09. The summed E-state index contributed by atoms with van der Waals surface area (Å²) in [7, 11) is 0. The van der Waals surface area contributed by atoms with Gasteiger partial charge in [-0.15, -0.1) is 0 Å². The number of hydrogen-bond donors (Lipinski definition) is 2. The molecule has 0 unspecified atom stereocenters. The van der Waals surface area contributed by atoms with Gasteiger partial charge in [-0.2, -0.15) is 9.97 Å². The van der Waals surface area contributed by atoms with Gasteiger partial charge in [0, 0.05) is 17.8 Å². The second-order valence-electron chi connectivity index (χ2n) is 4.09. The maximum atomic E-state index is 5.55. The van der Waals surface area contributed by atoms with Crippen LogP contribution in [0.15, 0.2) is 47.1 Å². The molecule has 3 aromatic heterocycles. The first-order valence-electron chi connectivity index (χ1n) is 5.81. The van der Waals surface area contributed by atoms with Crippen LogP contribution in [0.4, 0.5) is 12.0 Å². The van der Waals surface area contributed by atoms with Crippen molar-refractivity contribution in [2.45, 2.75) is 0 Å². The van der Waals surface area contributed by atoms with Crippen LogP contribution < -0.4 is 5.32 Å². The van der Waals surface area contributed by atoms with Crippen molar-refractivity contribution in [1.82, 2.24) is 19.9 Å². The fraction of sp³-hybridized carbons (Fsp3) is 0. The van der Waals surface area contributed by atoms with Crippen molar-refractivity contribution >= 4 is 34.1 Å². The van der Waals surface area contributed by atoms with Gasteiger partial charge in [0.25, 0.3) is 0 Å². The van der Waals surface area contributed by atoms with Crippen LogP contribution >= 0.6 is 0 Å². The van der Waals surface area contributed by atoms with Gasteiger partial charge in [-0.3, -0.25) is 5.32 Å². The topological polar surface area (TPSA) is 79.6 Å². The summed E-state index contributed by atoms with van der Waals surface area (Å²) in [5.74, 6) is 0.446. The number of hydrogen-bond acceptors (Lipinski definition) is 5. The van der Waals surface area contributed by atoms with Crippen LogP contribution in [0.25, 0.3) is 22.1 Å². The van der Waals surface area contributed by atoms with Crippen LogP contribution in [0.1, 0.15) is 0 Å². The second kappa shape index (κ2) is 3.81. The highest BCUT2D eigenvalue weighted by atomic mass is 16.4. The first kappa shape index (κ1) is 10.1. The Kier molecular flexibility index (Phi) is 2.02. The highest BCUT2D eigenvalue weighted by molar-refractivity contribution is 5.77. The summed E-state index contributed by atoms with van der Waals surface area (Å²) in [6, 6.07) is 9.86. The number of H-pyrrole nitrogens is 1. The molecule has 4 aromatic rings. The largest absolute Gasteiger partial charge is 0.423 e. The number of aromatic nitrogens is 4. The standard InChI is InChI=1S/C13H9N5O/c1-2-4-10-9(3-1)16-13(19-10)18-12-15-7-8-5-6-14-11(8)17-12/h1-7H,(H2,14,15,16,17,18).